The molecule has 0 unspecified atom stereocenters. The van der Waals surface area contributed by atoms with Gasteiger partial charge in [0.15, 0.2) is 5.70 Å². The van der Waals surface area contributed by atoms with Crippen LogP contribution in [0.1, 0.15) is 13.8 Å². The van der Waals surface area contributed by atoms with E-state index in [0.717, 1.165) is 5.70 Å². The molecule has 0 spiro atoms. The van der Waals surface area contributed by atoms with Gasteiger partial charge in [-0.2, -0.15) is 0 Å². The molecule has 0 aromatic carbocycles. The zero-order valence-corrected chi connectivity index (χ0v) is 8.02. The number of quaternary nitrogens is 1. The van der Waals surface area contributed by atoms with Crippen LogP contribution in [0.4, 0.5) is 0 Å². The fourth-order valence-electron chi connectivity index (χ4n) is 0.671. The van der Waals surface area contributed by atoms with Gasteiger partial charge in [-0.1, -0.05) is 5.57 Å². The molecule has 0 aromatic rings. The lowest BCUT2D eigenvalue weighted by Crippen LogP contribution is -2.32. The Labute approximate surface area is 68.9 Å². The third-order valence-corrected chi connectivity index (χ3v) is 1.28. The van der Waals surface area contributed by atoms with Crippen molar-refractivity contribution < 1.29 is 4.48 Å². The summed E-state index contributed by atoms with van der Waals surface area (Å²) in [6.07, 6.45) is 1.98. The van der Waals surface area contributed by atoms with Gasteiger partial charge in [0, 0.05) is 11.9 Å². The quantitative estimate of drug-likeness (QED) is 0.355. The maximum Gasteiger partial charge on any atom is 0.193 e. The average molecular weight is 153 g/mol. The molecule has 0 fully saturated rings. The van der Waals surface area contributed by atoms with Crippen LogP contribution in [-0.4, -0.2) is 31.5 Å². The first-order chi connectivity index (χ1) is 4.88. The largest absolute Gasteiger partial charge is 0.290 e. The SMILES string of the molecule is CC(C)=CC(=C=N)[N+](C)(C)C. The highest BCUT2D eigenvalue weighted by molar-refractivity contribution is 5.56. The fourth-order valence-corrected chi connectivity index (χ4v) is 0.671. The summed E-state index contributed by atoms with van der Waals surface area (Å²) in [6, 6.07) is 0. The van der Waals surface area contributed by atoms with Gasteiger partial charge >= 0.3 is 0 Å². The topological polar surface area (TPSA) is 23.9 Å². The number of nitrogens with one attached hydrogen (secondary N) is 1. The number of rotatable bonds is 2. The first-order valence-corrected chi connectivity index (χ1v) is 3.64. The van der Waals surface area contributed by atoms with E-state index in [1.165, 1.54) is 5.57 Å². The Morgan fingerprint density at radius 1 is 1.27 bits per heavy atom. The van der Waals surface area contributed by atoms with E-state index in [2.05, 4.69) is 5.87 Å². The molecule has 0 aliphatic rings. The summed E-state index contributed by atoms with van der Waals surface area (Å²) < 4.78 is 0.648. The van der Waals surface area contributed by atoms with Crippen molar-refractivity contribution in [3.63, 3.8) is 0 Å². The van der Waals surface area contributed by atoms with Crippen molar-refractivity contribution in [2.75, 3.05) is 21.1 Å². The van der Waals surface area contributed by atoms with Gasteiger partial charge in [0.2, 0.25) is 0 Å². The number of hydrogen-bond donors (Lipinski definition) is 1. The Bertz CT molecular complexity index is 208. The van der Waals surface area contributed by atoms with Crippen LogP contribution in [0.2, 0.25) is 0 Å². The van der Waals surface area contributed by atoms with E-state index in [1.807, 2.05) is 41.1 Å². The maximum absolute atomic E-state index is 7.06. The van der Waals surface area contributed by atoms with Crippen LogP contribution < -0.4 is 0 Å². The van der Waals surface area contributed by atoms with Crippen LogP contribution >= 0.6 is 0 Å². The zero-order valence-electron chi connectivity index (χ0n) is 8.02. The Kier molecular flexibility index (Phi) is 3.24. The average Bonchev–Trinajstić information content (AvgIpc) is 1.79. The lowest BCUT2D eigenvalue weighted by Gasteiger charge is -2.22. The maximum atomic E-state index is 7.06. The summed E-state index contributed by atoms with van der Waals surface area (Å²) >= 11 is 0. The molecule has 0 radical (unpaired) electrons. The van der Waals surface area contributed by atoms with E-state index in [0.29, 0.717) is 4.48 Å². The van der Waals surface area contributed by atoms with Crippen LogP contribution in [0.5, 0.6) is 0 Å². The van der Waals surface area contributed by atoms with E-state index < -0.39 is 0 Å². The standard InChI is InChI=1S/C9H17N2/c1-8(2)6-9(7-10)11(3,4)5/h6,10H,1-5H3/q+1. The van der Waals surface area contributed by atoms with Crippen molar-refractivity contribution in [2.24, 2.45) is 0 Å². The summed E-state index contributed by atoms with van der Waals surface area (Å²) in [5.74, 6) is 2.44. The molecule has 0 rings (SSSR count). The minimum atomic E-state index is 0.648. The summed E-state index contributed by atoms with van der Waals surface area (Å²) in [5.41, 5.74) is 2.10. The summed E-state index contributed by atoms with van der Waals surface area (Å²) in [7, 11) is 6.07. The first-order valence-electron chi connectivity index (χ1n) is 3.64. The molecule has 62 valence electrons. The molecule has 0 bridgehead atoms. The minimum Gasteiger partial charge on any atom is -0.290 e. The van der Waals surface area contributed by atoms with Gasteiger partial charge in [0.05, 0.1) is 21.1 Å². The molecular weight excluding hydrogens is 136 g/mol. The molecule has 0 aliphatic heterocycles. The molecule has 11 heavy (non-hydrogen) atoms. The van der Waals surface area contributed by atoms with E-state index in [-0.39, 0.29) is 0 Å². The second kappa shape index (κ2) is 3.51. The molecule has 0 atom stereocenters. The van der Waals surface area contributed by atoms with Crippen LogP contribution in [0, 0.1) is 5.41 Å². The number of nitrogens with zero attached hydrogens (tertiary/aromatic N) is 1. The molecular formula is C9H17N2+. The van der Waals surface area contributed by atoms with Crippen LogP contribution in [0.25, 0.3) is 0 Å². The predicted octanol–water partition coefficient (Wildman–Crippen LogP) is 1.79. The third-order valence-electron chi connectivity index (χ3n) is 1.28. The van der Waals surface area contributed by atoms with Crippen molar-refractivity contribution in [2.45, 2.75) is 13.8 Å². The Morgan fingerprint density at radius 2 is 1.73 bits per heavy atom. The van der Waals surface area contributed by atoms with Gasteiger partial charge in [-0.25, -0.2) is 0 Å². The number of allylic oxidation sites excluding steroid dienone is 2. The first kappa shape index (κ1) is 10.2. The van der Waals surface area contributed by atoms with Gasteiger partial charge in [0.25, 0.3) is 0 Å². The fraction of sp³-hybridized carbons (Fsp3) is 0.556. The van der Waals surface area contributed by atoms with E-state index in [1.54, 1.807) is 0 Å². The zero-order chi connectivity index (χ0) is 9.07. The minimum absolute atomic E-state index is 0.648. The predicted molar refractivity (Wildman–Crippen MR) is 48.7 cm³/mol. The van der Waals surface area contributed by atoms with Crippen molar-refractivity contribution in [3.05, 3.63) is 17.3 Å². The van der Waals surface area contributed by atoms with Gasteiger partial charge in [-0.3, -0.25) is 9.89 Å². The van der Waals surface area contributed by atoms with Crippen molar-refractivity contribution in [3.8, 4) is 0 Å². The Morgan fingerprint density at radius 3 is 1.82 bits per heavy atom. The van der Waals surface area contributed by atoms with Crippen molar-refractivity contribution >= 4 is 5.87 Å². The molecule has 2 nitrogen and oxygen atoms in total. The van der Waals surface area contributed by atoms with E-state index in [9.17, 15) is 0 Å². The number of hydrogen-bond acceptors (Lipinski definition) is 1. The lowest BCUT2D eigenvalue weighted by molar-refractivity contribution is -0.826. The van der Waals surface area contributed by atoms with E-state index >= 15 is 0 Å². The Hall–Kier alpha value is -0.850. The van der Waals surface area contributed by atoms with Crippen LogP contribution in [-0.2, 0) is 0 Å². The molecule has 0 saturated heterocycles. The molecule has 0 heterocycles. The lowest BCUT2D eigenvalue weighted by atomic mass is 10.2. The smallest absolute Gasteiger partial charge is 0.193 e. The monoisotopic (exact) mass is 153 g/mol. The van der Waals surface area contributed by atoms with Crippen LogP contribution in [0.3, 0.4) is 0 Å². The second-order valence-electron chi connectivity index (χ2n) is 3.74. The van der Waals surface area contributed by atoms with Crippen LogP contribution in [0.15, 0.2) is 17.3 Å². The highest BCUT2D eigenvalue weighted by atomic mass is 15.3. The van der Waals surface area contributed by atoms with Gasteiger partial charge in [-0.15, -0.1) is 0 Å². The summed E-state index contributed by atoms with van der Waals surface area (Å²) in [5, 5.41) is 7.06. The Balaban J connectivity index is 4.75. The summed E-state index contributed by atoms with van der Waals surface area (Å²) in [6.45, 7) is 4.04. The molecule has 2 heteroatoms. The molecule has 0 aromatic heterocycles. The highest BCUT2D eigenvalue weighted by Crippen LogP contribution is 2.07. The van der Waals surface area contributed by atoms with Crippen molar-refractivity contribution in [1.82, 2.24) is 0 Å². The van der Waals surface area contributed by atoms with Crippen molar-refractivity contribution in [1.29, 1.82) is 5.41 Å². The van der Waals surface area contributed by atoms with Gasteiger partial charge in [-0.05, 0) is 13.8 Å². The van der Waals surface area contributed by atoms with Gasteiger partial charge in [0.1, 0.15) is 0 Å². The number of likely N-dealkylation sites (N-methyl/N-ethyl adjacent to an activating group) is 1. The third kappa shape index (κ3) is 3.76. The molecule has 1 N–H and O–H groups in total. The highest BCUT2D eigenvalue weighted by Gasteiger charge is 2.12. The second-order valence-corrected chi connectivity index (χ2v) is 3.74. The molecule has 0 amide bonds. The molecule has 0 aliphatic carbocycles. The summed E-state index contributed by atoms with van der Waals surface area (Å²) in [4.78, 5) is 0. The van der Waals surface area contributed by atoms with Gasteiger partial charge < -0.3 is 0 Å². The molecule has 0 saturated carbocycles. The normalized spacial score (nSPS) is 10.3. The van der Waals surface area contributed by atoms with E-state index in [4.69, 9.17) is 5.41 Å².